The van der Waals surface area contributed by atoms with Gasteiger partial charge in [0.15, 0.2) is 0 Å². The summed E-state index contributed by atoms with van der Waals surface area (Å²) in [5.74, 6) is -0.131. The molecule has 0 saturated carbocycles. The SMILES string of the molecule is CC(C#N)c1cncc2cnccc12. The van der Waals surface area contributed by atoms with Crippen molar-refractivity contribution >= 4 is 10.8 Å². The van der Waals surface area contributed by atoms with Crippen LogP contribution >= 0.6 is 0 Å². The fraction of sp³-hybridized carbons (Fsp3) is 0.182. The lowest BCUT2D eigenvalue weighted by atomic mass is 10.00. The van der Waals surface area contributed by atoms with Crippen LogP contribution in [0.15, 0.2) is 30.9 Å². The first kappa shape index (κ1) is 8.64. The standard InChI is InChI=1S/C11H9N3/c1-8(4-12)11-7-14-6-9-5-13-3-2-10(9)11/h2-3,5-8H,1H3. The maximum Gasteiger partial charge on any atom is 0.0705 e. The summed E-state index contributed by atoms with van der Waals surface area (Å²) in [5, 5.41) is 10.9. The van der Waals surface area contributed by atoms with Crippen LogP contribution in [0.1, 0.15) is 18.4 Å². The van der Waals surface area contributed by atoms with Crippen molar-refractivity contribution in [1.82, 2.24) is 9.97 Å². The Morgan fingerprint density at radius 2 is 2.07 bits per heavy atom. The highest BCUT2D eigenvalue weighted by Crippen LogP contribution is 2.22. The van der Waals surface area contributed by atoms with E-state index < -0.39 is 0 Å². The number of pyridine rings is 2. The first-order valence-electron chi connectivity index (χ1n) is 4.40. The van der Waals surface area contributed by atoms with Gasteiger partial charge in [-0.15, -0.1) is 0 Å². The molecule has 0 fully saturated rings. The second-order valence-electron chi connectivity index (χ2n) is 3.18. The zero-order valence-electron chi connectivity index (χ0n) is 7.81. The number of fused-ring (bicyclic) bond motifs is 1. The topological polar surface area (TPSA) is 49.6 Å². The molecule has 2 heterocycles. The van der Waals surface area contributed by atoms with Gasteiger partial charge in [0, 0.05) is 30.2 Å². The first-order valence-corrected chi connectivity index (χ1v) is 4.40. The van der Waals surface area contributed by atoms with E-state index in [4.69, 9.17) is 5.26 Å². The van der Waals surface area contributed by atoms with E-state index in [9.17, 15) is 0 Å². The molecule has 2 rings (SSSR count). The van der Waals surface area contributed by atoms with Crippen LogP contribution in [0.25, 0.3) is 10.8 Å². The van der Waals surface area contributed by atoms with Crippen LogP contribution in [0.2, 0.25) is 0 Å². The third-order valence-electron chi connectivity index (χ3n) is 2.25. The maximum absolute atomic E-state index is 8.85. The van der Waals surface area contributed by atoms with Gasteiger partial charge in [-0.2, -0.15) is 5.26 Å². The highest BCUT2D eigenvalue weighted by molar-refractivity contribution is 5.84. The molecule has 0 saturated heterocycles. The molecule has 0 aromatic carbocycles. The van der Waals surface area contributed by atoms with E-state index in [0.29, 0.717) is 0 Å². The Labute approximate surface area is 82.0 Å². The summed E-state index contributed by atoms with van der Waals surface area (Å²) >= 11 is 0. The fourth-order valence-corrected chi connectivity index (χ4v) is 1.45. The molecule has 0 spiro atoms. The lowest BCUT2D eigenvalue weighted by molar-refractivity contribution is 0.981. The number of rotatable bonds is 1. The lowest BCUT2D eigenvalue weighted by Gasteiger charge is -2.05. The van der Waals surface area contributed by atoms with Crippen LogP contribution in [-0.4, -0.2) is 9.97 Å². The molecule has 0 aliphatic rings. The molecular weight excluding hydrogens is 174 g/mol. The van der Waals surface area contributed by atoms with Gasteiger partial charge in [-0.25, -0.2) is 0 Å². The van der Waals surface area contributed by atoms with Gasteiger partial charge in [-0.3, -0.25) is 9.97 Å². The van der Waals surface area contributed by atoms with Crippen LogP contribution in [0.3, 0.4) is 0 Å². The Morgan fingerprint density at radius 1 is 1.29 bits per heavy atom. The van der Waals surface area contributed by atoms with E-state index in [2.05, 4.69) is 16.0 Å². The highest BCUT2D eigenvalue weighted by atomic mass is 14.7. The van der Waals surface area contributed by atoms with Gasteiger partial charge in [-0.1, -0.05) is 0 Å². The summed E-state index contributed by atoms with van der Waals surface area (Å²) in [4.78, 5) is 8.11. The Morgan fingerprint density at radius 3 is 2.86 bits per heavy atom. The summed E-state index contributed by atoms with van der Waals surface area (Å²) in [7, 11) is 0. The number of hydrogen-bond acceptors (Lipinski definition) is 3. The third kappa shape index (κ3) is 1.31. The molecule has 0 bridgehead atoms. The minimum absolute atomic E-state index is 0.131. The zero-order valence-corrected chi connectivity index (χ0v) is 7.81. The Balaban J connectivity index is 2.72. The van der Waals surface area contributed by atoms with Crippen molar-refractivity contribution in [2.24, 2.45) is 0 Å². The van der Waals surface area contributed by atoms with Gasteiger partial charge in [0.05, 0.1) is 12.0 Å². The Hall–Kier alpha value is -1.95. The van der Waals surface area contributed by atoms with E-state index in [0.717, 1.165) is 16.3 Å². The summed E-state index contributed by atoms with van der Waals surface area (Å²) < 4.78 is 0. The molecule has 68 valence electrons. The van der Waals surface area contributed by atoms with Crippen LogP contribution in [0.5, 0.6) is 0 Å². The van der Waals surface area contributed by atoms with E-state index in [-0.39, 0.29) is 5.92 Å². The zero-order chi connectivity index (χ0) is 9.97. The molecule has 0 amide bonds. The van der Waals surface area contributed by atoms with Gasteiger partial charge in [0.1, 0.15) is 0 Å². The normalized spacial score (nSPS) is 12.3. The average Bonchev–Trinajstić information content (AvgIpc) is 2.27. The Bertz CT molecular complexity index is 494. The monoisotopic (exact) mass is 183 g/mol. The minimum Gasteiger partial charge on any atom is -0.264 e. The number of aromatic nitrogens is 2. The third-order valence-corrected chi connectivity index (χ3v) is 2.25. The van der Waals surface area contributed by atoms with Gasteiger partial charge in [-0.05, 0) is 23.9 Å². The lowest BCUT2D eigenvalue weighted by Crippen LogP contribution is -1.92. The van der Waals surface area contributed by atoms with E-state index >= 15 is 0 Å². The molecule has 2 aromatic heterocycles. The van der Waals surface area contributed by atoms with Crippen molar-refractivity contribution in [2.75, 3.05) is 0 Å². The predicted molar refractivity (Wildman–Crippen MR) is 53.6 cm³/mol. The van der Waals surface area contributed by atoms with Gasteiger partial charge < -0.3 is 0 Å². The molecule has 0 radical (unpaired) electrons. The molecule has 2 aromatic rings. The van der Waals surface area contributed by atoms with Gasteiger partial charge in [0.25, 0.3) is 0 Å². The summed E-state index contributed by atoms with van der Waals surface area (Å²) in [6.45, 7) is 1.87. The van der Waals surface area contributed by atoms with Crippen LogP contribution in [-0.2, 0) is 0 Å². The molecule has 14 heavy (non-hydrogen) atoms. The Kier molecular flexibility index (Phi) is 2.11. The molecule has 0 aliphatic carbocycles. The fourth-order valence-electron chi connectivity index (χ4n) is 1.45. The van der Waals surface area contributed by atoms with Gasteiger partial charge in [0.2, 0.25) is 0 Å². The maximum atomic E-state index is 8.85. The highest BCUT2D eigenvalue weighted by Gasteiger charge is 2.08. The molecule has 1 unspecified atom stereocenters. The largest absolute Gasteiger partial charge is 0.264 e. The molecule has 0 N–H and O–H groups in total. The van der Waals surface area contributed by atoms with Crippen LogP contribution in [0.4, 0.5) is 0 Å². The second kappa shape index (κ2) is 3.43. The number of hydrogen-bond donors (Lipinski definition) is 0. The van der Waals surface area contributed by atoms with Crippen molar-refractivity contribution in [1.29, 1.82) is 5.26 Å². The second-order valence-corrected chi connectivity index (χ2v) is 3.18. The predicted octanol–water partition coefficient (Wildman–Crippen LogP) is 2.26. The smallest absolute Gasteiger partial charge is 0.0705 e. The average molecular weight is 183 g/mol. The van der Waals surface area contributed by atoms with E-state index in [1.807, 2.05) is 13.0 Å². The van der Waals surface area contributed by atoms with E-state index in [1.54, 1.807) is 24.8 Å². The number of nitrogens with zero attached hydrogens (tertiary/aromatic N) is 3. The molecule has 3 heteroatoms. The van der Waals surface area contributed by atoms with Crippen LogP contribution < -0.4 is 0 Å². The van der Waals surface area contributed by atoms with Crippen molar-refractivity contribution in [3.63, 3.8) is 0 Å². The van der Waals surface area contributed by atoms with Crippen molar-refractivity contribution < 1.29 is 0 Å². The molecule has 3 nitrogen and oxygen atoms in total. The van der Waals surface area contributed by atoms with Crippen LogP contribution in [0, 0.1) is 11.3 Å². The summed E-state index contributed by atoms with van der Waals surface area (Å²) in [6.07, 6.45) is 7.00. The molecule has 0 aliphatic heterocycles. The van der Waals surface area contributed by atoms with Crippen molar-refractivity contribution in [2.45, 2.75) is 12.8 Å². The van der Waals surface area contributed by atoms with Gasteiger partial charge >= 0.3 is 0 Å². The first-order chi connectivity index (χ1) is 6.83. The summed E-state index contributed by atoms with van der Waals surface area (Å²) in [6, 6.07) is 4.13. The van der Waals surface area contributed by atoms with E-state index in [1.165, 1.54) is 0 Å². The molecule has 1 atom stereocenters. The van der Waals surface area contributed by atoms with Crippen molar-refractivity contribution in [3.05, 3.63) is 36.4 Å². The minimum atomic E-state index is -0.131. The molecular formula is C11H9N3. The summed E-state index contributed by atoms with van der Waals surface area (Å²) in [5.41, 5.74) is 0.965. The van der Waals surface area contributed by atoms with Crippen molar-refractivity contribution in [3.8, 4) is 6.07 Å². The quantitative estimate of drug-likeness (QED) is 0.681. The number of nitriles is 1.